The molecule has 0 heteroatoms. The molecule has 0 aromatic heterocycles. The third-order valence-corrected chi connectivity index (χ3v) is 4.75. The fourth-order valence-electron chi connectivity index (χ4n) is 3.58. The summed E-state index contributed by atoms with van der Waals surface area (Å²) in [4.78, 5) is 0. The van der Waals surface area contributed by atoms with Crippen LogP contribution in [0.4, 0.5) is 0 Å². The van der Waals surface area contributed by atoms with Crippen molar-refractivity contribution in [3.63, 3.8) is 0 Å². The van der Waals surface area contributed by atoms with Crippen LogP contribution in [-0.2, 0) is 6.42 Å². The third-order valence-electron chi connectivity index (χ3n) is 4.75. The molecule has 3 rings (SSSR count). The molecule has 0 atom stereocenters. The van der Waals surface area contributed by atoms with Crippen LogP contribution in [-0.4, -0.2) is 0 Å². The highest BCUT2D eigenvalue weighted by molar-refractivity contribution is 5.70. The molecule has 0 N–H and O–H groups in total. The van der Waals surface area contributed by atoms with Crippen molar-refractivity contribution < 1.29 is 0 Å². The zero-order valence-electron chi connectivity index (χ0n) is 15.7. The Hall–Kier alpha value is -2.34. The van der Waals surface area contributed by atoms with Crippen molar-refractivity contribution in [3.8, 4) is 11.1 Å². The van der Waals surface area contributed by atoms with Crippen molar-refractivity contribution in [1.82, 2.24) is 0 Å². The van der Waals surface area contributed by atoms with Gasteiger partial charge in [0.1, 0.15) is 0 Å². The molecule has 0 aliphatic rings. The Morgan fingerprint density at radius 1 is 0.760 bits per heavy atom. The molecule has 0 heterocycles. The molecule has 0 saturated heterocycles. The summed E-state index contributed by atoms with van der Waals surface area (Å²) < 4.78 is 0. The van der Waals surface area contributed by atoms with Gasteiger partial charge in [-0.3, -0.25) is 0 Å². The molecule has 0 aliphatic carbocycles. The molecule has 3 aromatic carbocycles. The highest BCUT2D eigenvalue weighted by Crippen LogP contribution is 2.35. The smallest absolute Gasteiger partial charge is 0.00255 e. The standard InChI is InChI=1S/C25H27/c1-18(2)23-14-9-15-24(25(23)19(3)4)22-13-8-12-21(17-22)16-20-10-6-5-7-11-20/h5-12,14-15,17-19H,16H2,1-4H3. The van der Waals surface area contributed by atoms with E-state index in [-0.39, 0.29) is 0 Å². The van der Waals surface area contributed by atoms with E-state index in [1.807, 2.05) is 0 Å². The van der Waals surface area contributed by atoms with Crippen LogP contribution >= 0.6 is 0 Å². The van der Waals surface area contributed by atoms with Crippen molar-refractivity contribution >= 4 is 0 Å². The Bertz CT molecular complexity index is 826. The van der Waals surface area contributed by atoms with Crippen LogP contribution in [0.1, 0.15) is 61.8 Å². The summed E-state index contributed by atoms with van der Waals surface area (Å²) in [5, 5.41) is 0. The van der Waals surface area contributed by atoms with Crippen LogP contribution in [0.5, 0.6) is 0 Å². The second-order valence-electron chi connectivity index (χ2n) is 7.39. The molecule has 0 amide bonds. The Kier molecular flexibility index (Phi) is 5.38. The zero-order valence-corrected chi connectivity index (χ0v) is 15.7. The largest absolute Gasteiger partial charge is 0.0622 e. The predicted molar refractivity (Wildman–Crippen MR) is 108 cm³/mol. The molecule has 127 valence electrons. The van der Waals surface area contributed by atoms with Crippen molar-refractivity contribution in [1.29, 1.82) is 0 Å². The minimum atomic E-state index is 0.500. The molecule has 0 unspecified atom stereocenters. The molecule has 1 radical (unpaired) electrons. The SMILES string of the molecule is CC(C)c1cccc(-c2[c]ccc(Cc3ccccc3)c2)c1C(C)C. The molecule has 0 spiro atoms. The van der Waals surface area contributed by atoms with Gasteiger partial charge in [0.05, 0.1) is 0 Å². The summed E-state index contributed by atoms with van der Waals surface area (Å²) in [7, 11) is 0. The van der Waals surface area contributed by atoms with E-state index in [4.69, 9.17) is 0 Å². The average molecular weight is 327 g/mol. The van der Waals surface area contributed by atoms with Gasteiger partial charge in [-0.05, 0) is 57.7 Å². The zero-order chi connectivity index (χ0) is 17.8. The van der Waals surface area contributed by atoms with E-state index < -0.39 is 0 Å². The Balaban J connectivity index is 2.03. The van der Waals surface area contributed by atoms with Gasteiger partial charge in [0, 0.05) is 0 Å². The van der Waals surface area contributed by atoms with Gasteiger partial charge < -0.3 is 0 Å². The second-order valence-corrected chi connectivity index (χ2v) is 7.39. The Morgan fingerprint density at radius 3 is 2.20 bits per heavy atom. The predicted octanol–water partition coefficient (Wildman–Crippen LogP) is 6.99. The van der Waals surface area contributed by atoms with E-state index in [1.165, 1.54) is 33.4 Å². The van der Waals surface area contributed by atoms with Crippen LogP contribution in [0, 0.1) is 6.07 Å². The lowest BCUT2D eigenvalue weighted by Gasteiger charge is -2.20. The number of benzene rings is 3. The molecule has 25 heavy (non-hydrogen) atoms. The van der Waals surface area contributed by atoms with Crippen LogP contribution in [0.15, 0.2) is 66.7 Å². The summed E-state index contributed by atoms with van der Waals surface area (Å²) >= 11 is 0. The lowest BCUT2D eigenvalue weighted by molar-refractivity contribution is 0.792. The number of hydrogen-bond donors (Lipinski definition) is 0. The normalized spacial score (nSPS) is 11.3. The lowest BCUT2D eigenvalue weighted by Crippen LogP contribution is -2.01. The van der Waals surface area contributed by atoms with Gasteiger partial charge in [0.25, 0.3) is 0 Å². The minimum absolute atomic E-state index is 0.500. The molecule has 3 aromatic rings. The average Bonchev–Trinajstić information content (AvgIpc) is 2.62. The van der Waals surface area contributed by atoms with E-state index >= 15 is 0 Å². The Labute approximate surface area is 152 Å². The van der Waals surface area contributed by atoms with Gasteiger partial charge in [0.2, 0.25) is 0 Å². The molecule has 0 nitrogen and oxygen atoms in total. The maximum atomic E-state index is 3.47. The lowest BCUT2D eigenvalue weighted by atomic mass is 9.84. The van der Waals surface area contributed by atoms with Crippen molar-refractivity contribution in [2.24, 2.45) is 0 Å². The first-order valence-electron chi connectivity index (χ1n) is 9.24. The van der Waals surface area contributed by atoms with E-state index in [9.17, 15) is 0 Å². The molecule has 0 saturated carbocycles. The van der Waals surface area contributed by atoms with E-state index in [0.29, 0.717) is 11.8 Å². The minimum Gasteiger partial charge on any atom is -0.0622 e. The van der Waals surface area contributed by atoms with Crippen molar-refractivity contribution in [2.45, 2.75) is 46.0 Å². The molecule has 0 fully saturated rings. The van der Waals surface area contributed by atoms with Gasteiger partial charge in [-0.2, -0.15) is 0 Å². The fourth-order valence-corrected chi connectivity index (χ4v) is 3.58. The first-order valence-corrected chi connectivity index (χ1v) is 9.24. The van der Waals surface area contributed by atoms with Gasteiger partial charge in [0.15, 0.2) is 0 Å². The second kappa shape index (κ2) is 7.70. The third kappa shape index (κ3) is 4.02. The van der Waals surface area contributed by atoms with Gasteiger partial charge in [-0.25, -0.2) is 0 Å². The van der Waals surface area contributed by atoms with Gasteiger partial charge in [-0.1, -0.05) is 94.4 Å². The summed E-state index contributed by atoms with van der Waals surface area (Å²) in [6.07, 6.45) is 0.962. The molecule has 0 bridgehead atoms. The quantitative estimate of drug-likeness (QED) is 0.473. The fraction of sp³-hybridized carbons (Fsp3) is 0.280. The maximum Gasteiger partial charge on any atom is -0.00255 e. The highest BCUT2D eigenvalue weighted by atomic mass is 14.2. The molecular weight excluding hydrogens is 300 g/mol. The summed E-state index contributed by atoms with van der Waals surface area (Å²) in [6.45, 7) is 9.14. The van der Waals surface area contributed by atoms with Gasteiger partial charge >= 0.3 is 0 Å². The van der Waals surface area contributed by atoms with E-state index in [0.717, 1.165) is 6.42 Å². The van der Waals surface area contributed by atoms with E-state index in [1.54, 1.807) is 0 Å². The highest BCUT2D eigenvalue weighted by Gasteiger charge is 2.15. The summed E-state index contributed by atoms with van der Waals surface area (Å²) in [5.41, 5.74) is 8.14. The first kappa shape index (κ1) is 17.5. The van der Waals surface area contributed by atoms with Crippen molar-refractivity contribution in [3.05, 3.63) is 95.1 Å². The number of hydrogen-bond acceptors (Lipinski definition) is 0. The first-order chi connectivity index (χ1) is 12.1. The topological polar surface area (TPSA) is 0 Å². The maximum absolute atomic E-state index is 3.47. The Morgan fingerprint density at radius 2 is 1.52 bits per heavy atom. The van der Waals surface area contributed by atoms with Gasteiger partial charge in [-0.15, -0.1) is 0 Å². The van der Waals surface area contributed by atoms with Crippen LogP contribution in [0.25, 0.3) is 11.1 Å². The summed E-state index contributed by atoms with van der Waals surface area (Å²) in [5.74, 6) is 1.03. The summed E-state index contributed by atoms with van der Waals surface area (Å²) in [6, 6.07) is 27.4. The molecule has 0 aliphatic heterocycles. The molecular formula is C25H27. The van der Waals surface area contributed by atoms with E-state index in [2.05, 4.69) is 100 Å². The van der Waals surface area contributed by atoms with Crippen LogP contribution in [0.2, 0.25) is 0 Å². The van der Waals surface area contributed by atoms with Crippen LogP contribution in [0.3, 0.4) is 0 Å². The van der Waals surface area contributed by atoms with Crippen LogP contribution < -0.4 is 0 Å². The number of rotatable bonds is 5. The van der Waals surface area contributed by atoms with Crippen molar-refractivity contribution in [2.75, 3.05) is 0 Å². The monoisotopic (exact) mass is 327 g/mol.